The summed E-state index contributed by atoms with van der Waals surface area (Å²) < 4.78 is 1.61. The molecular weight excluding hydrogens is 256 g/mol. The van der Waals surface area contributed by atoms with Crippen molar-refractivity contribution in [2.45, 2.75) is 12.8 Å². The monoisotopic (exact) mass is 270 g/mol. The molecule has 6 nitrogen and oxygen atoms in total. The molecule has 0 spiro atoms. The molecule has 0 aliphatic heterocycles. The Balaban J connectivity index is 1.64. The lowest BCUT2D eigenvalue weighted by atomic mass is 10.3. The summed E-state index contributed by atoms with van der Waals surface area (Å²) in [6.45, 7) is 0. The third kappa shape index (κ3) is 2.69. The summed E-state index contributed by atoms with van der Waals surface area (Å²) >= 11 is 0. The molecule has 0 radical (unpaired) electrons. The Morgan fingerprint density at radius 1 is 1.15 bits per heavy atom. The molecule has 2 amide bonds. The van der Waals surface area contributed by atoms with E-state index < -0.39 is 0 Å². The SMILES string of the molecule is O=C(NNC(=O)C1CC1)c1cnn(-c2ccccc2)c1. The van der Waals surface area contributed by atoms with E-state index in [-0.39, 0.29) is 17.7 Å². The zero-order valence-electron chi connectivity index (χ0n) is 10.7. The highest BCUT2D eigenvalue weighted by molar-refractivity contribution is 5.95. The number of hydrogen-bond donors (Lipinski definition) is 2. The maximum absolute atomic E-state index is 11.9. The maximum Gasteiger partial charge on any atom is 0.272 e. The molecule has 0 unspecified atom stereocenters. The first-order chi connectivity index (χ1) is 9.74. The lowest BCUT2D eigenvalue weighted by Crippen LogP contribution is -2.42. The van der Waals surface area contributed by atoms with Crippen molar-refractivity contribution >= 4 is 11.8 Å². The summed E-state index contributed by atoms with van der Waals surface area (Å²) in [6, 6.07) is 9.49. The topological polar surface area (TPSA) is 76.0 Å². The number of amides is 2. The van der Waals surface area contributed by atoms with Gasteiger partial charge in [-0.1, -0.05) is 18.2 Å². The van der Waals surface area contributed by atoms with Crippen LogP contribution in [0.2, 0.25) is 0 Å². The summed E-state index contributed by atoms with van der Waals surface area (Å²) in [7, 11) is 0. The molecule has 1 saturated carbocycles. The van der Waals surface area contributed by atoms with Gasteiger partial charge in [0.1, 0.15) is 0 Å². The number of carbonyl (C=O) groups excluding carboxylic acids is 2. The minimum atomic E-state index is -0.374. The summed E-state index contributed by atoms with van der Waals surface area (Å²) in [5, 5.41) is 4.13. The fourth-order valence-corrected chi connectivity index (χ4v) is 1.80. The van der Waals surface area contributed by atoms with E-state index in [2.05, 4.69) is 16.0 Å². The molecule has 1 aliphatic carbocycles. The Morgan fingerprint density at radius 2 is 1.90 bits per heavy atom. The first kappa shape index (κ1) is 12.4. The highest BCUT2D eigenvalue weighted by atomic mass is 16.2. The van der Waals surface area contributed by atoms with E-state index in [1.807, 2.05) is 30.3 Å². The summed E-state index contributed by atoms with van der Waals surface area (Å²) in [6.07, 6.45) is 4.88. The summed E-state index contributed by atoms with van der Waals surface area (Å²) in [5.41, 5.74) is 6.07. The molecule has 1 heterocycles. The van der Waals surface area contributed by atoms with Crippen LogP contribution in [0.4, 0.5) is 0 Å². The van der Waals surface area contributed by atoms with Crippen LogP contribution in [-0.2, 0) is 4.79 Å². The fourth-order valence-electron chi connectivity index (χ4n) is 1.80. The van der Waals surface area contributed by atoms with Crippen LogP contribution in [0.15, 0.2) is 42.7 Å². The number of para-hydroxylation sites is 1. The molecule has 0 saturated heterocycles. The molecule has 20 heavy (non-hydrogen) atoms. The van der Waals surface area contributed by atoms with Crippen molar-refractivity contribution in [2.24, 2.45) is 5.92 Å². The first-order valence-corrected chi connectivity index (χ1v) is 6.44. The second kappa shape index (κ2) is 5.16. The van der Waals surface area contributed by atoms with Crippen molar-refractivity contribution < 1.29 is 9.59 Å². The van der Waals surface area contributed by atoms with Gasteiger partial charge in [-0.3, -0.25) is 20.4 Å². The lowest BCUT2D eigenvalue weighted by Gasteiger charge is -2.04. The minimum absolute atomic E-state index is 0.0577. The van der Waals surface area contributed by atoms with Crippen LogP contribution in [0.1, 0.15) is 23.2 Å². The van der Waals surface area contributed by atoms with Crippen LogP contribution >= 0.6 is 0 Å². The van der Waals surface area contributed by atoms with Crippen LogP contribution in [0.25, 0.3) is 5.69 Å². The smallest absolute Gasteiger partial charge is 0.272 e. The quantitative estimate of drug-likeness (QED) is 0.818. The Morgan fingerprint density at radius 3 is 2.60 bits per heavy atom. The van der Waals surface area contributed by atoms with Crippen molar-refractivity contribution in [1.29, 1.82) is 0 Å². The van der Waals surface area contributed by atoms with Gasteiger partial charge in [0.2, 0.25) is 5.91 Å². The minimum Gasteiger partial charge on any atom is -0.273 e. The Kier molecular flexibility index (Phi) is 3.20. The van der Waals surface area contributed by atoms with Gasteiger partial charge in [-0.05, 0) is 25.0 Å². The van der Waals surface area contributed by atoms with Crippen LogP contribution in [-0.4, -0.2) is 21.6 Å². The molecule has 1 aromatic heterocycles. The van der Waals surface area contributed by atoms with Crippen molar-refractivity contribution in [3.05, 3.63) is 48.3 Å². The molecule has 0 bridgehead atoms. The molecular formula is C14H14N4O2. The van der Waals surface area contributed by atoms with Gasteiger partial charge in [-0.25, -0.2) is 4.68 Å². The van der Waals surface area contributed by atoms with Gasteiger partial charge in [-0.2, -0.15) is 5.10 Å². The molecule has 1 fully saturated rings. The Labute approximate surface area is 115 Å². The number of rotatable bonds is 3. The van der Waals surface area contributed by atoms with E-state index in [4.69, 9.17) is 0 Å². The third-order valence-electron chi connectivity index (χ3n) is 3.11. The number of nitrogens with one attached hydrogen (secondary N) is 2. The van der Waals surface area contributed by atoms with Gasteiger partial charge in [0.05, 0.1) is 17.4 Å². The summed E-state index contributed by atoms with van der Waals surface area (Å²) in [5.74, 6) is -0.447. The molecule has 6 heteroatoms. The van der Waals surface area contributed by atoms with E-state index in [1.165, 1.54) is 6.20 Å². The van der Waals surface area contributed by atoms with Gasteiger partial charge in [0.15, 0.2) is 0 Å². The number of aromatic nitrogens is 2. The average Bonchev–Trinajstić information content (AvgIpc) is 3.22. The predicted molar refractivity (Wildman–Crippen MR) is 71.9 cm³/mol. The van der Waals surface area contributed by atoms with Crippen LogP contribution in [0.5, 0.6) is 0 Å². The van der Waals surface area contributed by atoms with Gasteiger partial charge >= 0.3 is 0 Å². The second-order valence-electron chi connectivity index (χ2n) is 4.73. The molecule has 2 N–H and O–H groups in total. The van der Waals surface area contributed by atoms with Crippen LogP contribution in [0, 0.1) is 5.92 Å². The highest BCUT2D eigenvalue weighted by Gasteiger charge is 2.29. The van der Waals surface area contributed by atoms with Crippen molar-refractivity contribution in [3.63, 3.8) is 0 Å². The normalized spacial score (nSPS) is 13.8. The van der Waals surface area contributed by atoms with Gasteiger partial charge < -0.3 is 0 Å². The van der Waals surface area contributed by atoms with E-state index in [0.717, 1.165) is 18.5 Å². The maximum atomic E-state index is 11.9. The van der Waals surface area contributed by atoms with Crippen molar-refractivity contribution in [2.75, 3.05) is 0 Å². The first-order valence-electron chi connectivity index (χ1n) is 6.44. The molecule has 102 valence electrons. The van der Waals surface area contributed by atoms with E-state index >= 15 is 0 Å². The third-order valence-corrected chi connectivity index (χ3v) is 3.11. The predicted octanol–water partition coefficient (Wildman–Crippen LogP) is 1.04. The van der Waals surface area contributed by atoms with Crippen LogP contribution in [0.3, 0.4) is 0 Å². The molecule has 3 rings (SSSR count). The van der Waals surface area contributed by atoms with Gasteiger partial charge in [-0.15, -0.1) is 0 Å². The van der Waals surface area contributed by atoms with Crippen LogP contribution < -0.4 is 10.9 Å². The molecule has 2 aromatic rings. The number of hydrazine groups is 1. The molecule has 0 atom stereocenters. The zero-order valence-corrected chi connectivity index (χ0v) is 10.7. The summed E-state index contributed by atoms with van der Waals surface area (Å²) in [4.78, 5) is 23.3. The van der Waals surface area contributed by atoms with Gasteiger partial charge in [0, 0.05) is 12.1 Å². The Bertz CT molecular complexity index is 632. The number of benzene rings is 1. The van der Waals surface area contributed by atoms with Gasteiger partial charge in [0.25, 0.3) is 5.91 Å². The van der Waals surface area contributed by atoms with E-state index in [1.54, 1.807) is 10.9 Å². The molecule has 1 aliphatic rings. The lowest BCUT2D eigenvalue weighted by molar-refractivity contribution is -0.123. The standard InChI is InChI=1S/C14H14N4O2/c19-13(10-6-7-10)16-17-14(20)11-8-15-18(9-11)12-4-2-1-3-5-12/h1-5,8-10H,6-7H2,(H,16,19)(H,17,20). The van der Waals surface area contributed by atoms with Crippen molar-refractivity contribution in [3.8, 4) is 5.69 Å². The Hall–Kier alpha value is -2.63. The average molecular weight is 270 g/mol. The van der Waals surface area contributed by atoms with E-state index in [9.17, 15) is 9.59 Å². The number of carbonyl (C=O) groups is 2. The van der Waals surface area contributed by atoms with Crippen molar-refractivity contribution in [1.82, 2.24) is 20.6 Å². The van der Waals surface area contributed by atoms with E-state index in [0.29, 0.717) is 5.56 Å². The second-order valence-corrected chi connectivity index (χ2v) is 4.73. The zero-order chi connectivity index (χ0) is 13.9. The largest absolute Gasteiger partial charge is 0.273 e. The number of nitrogens with zero attached hydrogens (tertiary/aromatic N) is 2. The fraction of sp³-hybridized carbons (Fsp3) is 0.214. The molecule has 1 aromatic carbocycles. The highest BCUT2D eigenvalue weighted by Crippen LogP contribution is 2.28. The number of hydrogen-bond acceptors (Lipinski definition) is 3.